The molecule has 2 saturated heterocycles. The first-order chi connectivity index (χ1) is 13.1. The highest BCUT2D eigenvalue weighted by Gasteiger charge is 2.43. The Morgan fingerprint density at radius 2 is 1.67 bits per heavy atom. The molecule has 0 aliphatic carbocycles. The molecule has 1 spiro atoms. The van der Waals surface area contributed by atoms with Crippen LogP contribution in [0.2, 0.25) is 0 Å². The van der Waals surface area contributed by atoms with Crippen molar-refractivity contribution in [2.75, 3.05) is 31.2 Å². The van der Waals surface area contributed by atoms with Gasteiger partial charge in [0.15, 0.2) is 17.1 Å². The van der Waals surface area contributed by atoms with Gasteiger partial charge in [-0.15, -0.1) is 5.10 Å². The van der Waals surface area contributed by atoms with Crippen LogP contribution in [0.3, 0.4) is 0 Å². The molecule has 6 nitrogen and oxygen atoms in total. The predicted octanol–water partition coefficient (Wildman–Crippen LogP) is 3.02. The van der Waals surface area contributed by atoms with Crippen molar-refractivity contribution in [1.82, 2.24) is 15.0 Å². The number of halogens is 2. The molecule has 2 aliphatic rings. The van der Waals surface area contributed by atoms with Crippen molar-refractivity contribution in [2.45, 2.75) is 12.8 Å². The fourth-order valence-corrected chi connectivity index (χ4v) is 4.05. The summed E-state index contributed by atoms with van der Waals surface area (Å²) in [4.78, 5) is 2.33. The maximum atomic E-state index is 13.9. The number of hydrogen-bond donors (Lipinski definition) is 1. The zero-order valence-electron chi connectivity index (χ0n) is 14.5. The molecule has 27 heavy (non-hydrogen) atoms. The summed E-state index contributed by atoms with van der Waals surface area (Å²) in [6.07, 6.45) is 2.22. The van der Waals surface area contributed by atoms with Crippen molar-refractivity contribution >= 4 is 16.7 Å². The quantitative estimate of drug-likeness (QED) is 0.749. The van der Waals surface area contributed by atoms with Crippen molar-refractivity contribution in [2.24, 2.45) is 5.41 Å². The number of fused-ring (bicyclic) bond motifs is 1. The summed E-state index contributed by atoms with van der Waals surface area (Å²) in [5.41, 5.74) is 2.16. The van der Waals surface area contributed by atoms with Gasteiger partial charge in [0.1, 0.15) is 5.52 Å². The largest absolute Gasteiger partial charge is 0.505 e. The number of rotatable bonds is 2. The van der Waals surface area contributed by atoms with Crippen molar-refractivity contribution < 1.29 is 18.6 Å². The molecule has 0 bridgehead atoms. The molecule has 2 aromatic carbocycles. The van der Waals surface area contributed by atoms with Gasteiger partial charge in [-0.05, 0) is 37.1 Å². The Morgan fingerprint density at radius 1 is 1.00 bits per heavy atom. The monoisotopic (exact) mass is 372 g/mol. The highest BCUT2D eigenvalue weighted by atomic mass is 19.2. The van der Waals surface area contributed by atoms with E-state index in [4.69, 9.17) is 4.74 Å². The lowest BCUT2D eigenvalue weighted by molar-refractivity contribution is -0.000190. The van der Waals surface area contributed by atoms with E-state index >= 15 is 0 Å². The number of aromatic hydroxyl groups is 1. The number of anilines is 1. The Morgan fingerprint density at radius 3 is 2.37 bits per heavy atom. The van der Waals surface area contributed by atoms with E-state index in [-0.39, 0.29) is 11.0 Å². The molecule has 3 aromatic rings. The second-order valence-corrected chi connectivity index (χ2v) is 7.38. The van der Waals surface area contributed by atoms with Gasteiger partial charge in [-0.3, -0.25) is 0 Å². The lowest BCUT2D eigenvalue weighted by atomic mass is 9.73. The Labute approximate surface area is 154 Å². The van der Waals surface area contributed by atoms with Crippen LogP contribution < -0.4 is 4.90 Å². The lowest BCUT2D eigenvalue weighted by Crippen LogP contribution is -2.58. The second-order valence-electron chi connectivity index (χ2n) is 7.38. The molecule has 1 aromatic heterocycles. The van der Waals surface area contributed by atoms with Crippen LogP contribution in [0.15, 0.2) is 30.3 Å². The van der Waals surface area contributed by atoms with Crippen LogP contribution in [0.5, 0.6) is 5.75 Å². The molecule has 2 aliphatic heterocycles. The summed E-state index contributed by atoms with van der Waals surface area (Å²) in [5, 5.41) is 17.2. The molecular weight excluding hydrogens is 354 g/mol. The fourth-order valence-electron chi connectivity index (χ4n) is 4.05. The van der Waals surface area contributed by atoms with E-state index in [1.165, 1.54) is 4.68 Å². The molecular formula is C19H18F2N4O2. The van der Waals surface area contributed by atoms with E-state index in [9.17, 15) is 13.9 Å². The van der Waals surface area contributed by atoms with E-state index in [1.54, 1.807) is 0 Å². The molecule has 2 fully saturated rings. The van der Waals surface area contributed by atoms with Gasteiger partial charge < -0.3 is 14.7 Å². The standard InChI is InChI=1S/C19H18F2N4O2/c20-16-15(26)9-14-18(17(16)21)22-23-25(14)13-3-1-12(2-4-13)24-10-19(11-24)5-7-27-8-6-19/h1-4,9,26H,5-8,10-11H2. The number of phenolic OH excluding ortho intramolecular Hbond substituents is 1. The summed E-state index contributed by atoms with van der Waals surface area (Å²) in [5.74, 6) is -3.28. The minimum atomic E-state index is -1.32. The lowest BCUT2D eigenvalue weighted by Gasteiger charge is -2.53. The topological polar surface area (TPSA) is 63.4 Å². The number of phenols is 1. The van der Waals surface area contributed by atoms with E-state index in [1.807, 2.05) is 24.3 Å². The molecule has 0 unspecified atom stereocenters. The highest BCUT2D eigenvalue weighted by Crippen LogP contribution is 2.42. The molecule has 0 radical (unpaired) electrons. The number of hydrogen-bond acceptors (Lipinski definition) is 5. The summed E-state index contributed by atoms with van der Waals surface area (Å²) < 4.78 is 34.3. The molecule has 0 atom stereocenters. The van der Waals surface area contributed by atoms with Gasteiger partial charge >= 0.3 is 0 Å². The van der Waals surface area contributed by atoms with Gasteiger partial charge in [0.25, 0.3) is 0 Å². The SMILES string of the molecule is Oc1cc2c(nnn2-c2ccc(N3CC4(CCOCC4)C3)cc2)c(F)c1F. The molecule has 140 valence electrons. The first kappa shape index (κ1) is 16.4. The van der Waals surface area contributed by atoms with Crippen LogP contribution >= 0.6 is 0 Å². The number of ether oxygens (including phenoxy) is 1. The third-order valence-electron chi connectivity index (χ3n) is 5.67. The van der Waals surface area contributed by atoms with Crippen molar-refractivity contribution in [3.05, 3.63) is 42.0 Å². The maximum absolute atomic E-state index is 13.9. The molecule has 3 heterocycles. The number of nitrogens with zero attached hydrogens (tertiary/aromatic N) is 4. The summed E-state index contributed by atoms with van der Waals surface area (Å²) in [7, 11) is 0. The zero-order valence-corrected chi connectivity index (χ0v) is 14.5. The van der Waals surface area contributed by atoms with Crippen LogP contribution in [0, 0.1) is 17.0 Å². The average Bonchev–Trinajstić information content (AvgIpc) is 3.09. The smallest absolute Gasteiger partial charge is 0.202 e. The van der Waals surface area contributed by atoms with Crippen molar-refractivity contribution in [3.8, 4) is 11.4 Å². The van der Waals surface area contributed by atoms with Crippen LogP contribution in [0.25, 0.3) is 16.7 Å². The highest BCUT2D eigenvalue weighted by molar-refractivity contribution is 5.79. The van der Waals surface area contributed by atoms with Crippen LogP contribution in [-0.4, -0.2) is 46.4 Å². The Hall–Kier alpha value is -2.74. The second kappa shape index (κ2) is 5.88. The minimum Gasteiger partial charge on any atom is -0.505 e. The van der Waals surface area contributed by atoms with Gasteiger partial charge in [0, 0.05) is 43.5 Å². The Balaban J connectivity index is 1.41. The summed E-state index contributed by atoms with van der Waals surface area (Å²) >= 11 is 0. The third-order valence-corrected chi connectivity index (χ3v) is 5.67. The predicted molar refractivity (Wildman–Crippen MR) is 95.1 cm³/mol. The first-order valence-electron chi connectivity index (χ1n) is 8.92. The van der Waals surface area contributed by atoms with Crippen LogP contribution in [0.1, 0.15) is 12.8 Å². The number of aromatic nitrogens is 3. The maximum Gasteiger partial charge on any atom is 0.202 e. The molecule has 5 rings (SSSR count). The van der Waals surface area contributed by atoms with E-state index in [2.05, 4.69) is 15.2 Å². The Bertz CT molecular complexity index is 1000. The van der Waals surface area contributed by atoms with Crippen LogP contribution in [-0.2, 0) is 4.74 Å². The van der Waals surface area contributed by atoms with Gasteiger partial charge in [-0.1, -0.05) is 5.21 Å². The molecule has 0 amide bonds. The van der Waals surface area contributed by atoms with Crippen molar-refractivity contribution in [3.63, 3.8) is 0 Å². The third kappa shape index (κ3) is 2.55. The summed E-state index contributed by atoms with van der Waals surface area (Å²) in [6, 6.07) is 8.81. The van der Waals surface area contributed by atoms with E-state index in [0.717, 1.165) is 50.9 Å². The van der Waals surface area contributed by atoms with Gasteiger partial charge in [0.2, 0.25) is 5.82 Å². The zero-order chi connectivity index (χ0) is 18.6. The summed E-state index contributed by atoms with van der Waals surface area (Å²) in [6.45, 7) is 3.74. The molecule has 8 heteroatoms. The van der Waals surface area contributed by atoms with Gasteiger partial charge in [-0.2, -0.15) is 4.39 Å². The Kier molecular flexibility index (Phi) is 3.58. The van der Waals surface area contributed by atoms with Gasteiger partial charge in [-0.25, -0.2) is 9.07 Å². The van der Waals surface area contributed by atoms with Gasteiger partial charge in [0.05, 0.1) is 5.69 Å². The minimum absolute atomic E-state index is 0.210. The van der Waals surface area contributed by atoms with Crippen LogP contribution in [0.4, 0.5) is 14.5 Å². The first-order valence-corrected chi connectivity index (χ1v) is 8.92. The normalized spacial score (nSPS) is 18.8. The fraction of sp³-hybridized carbons (Fsp3) is 0.368. The van der Waals surface area contributed by atoms with E-state index in [0.29, 0.717) is 11.1 Å². The van der Waals surface area contributed by atoms with Crippen molar-refractivity contribution in [1.29, 1.82) is 0 Å². The molecule has 1 N–H and O–H groups in total. The average molecular weight is 372 g/mol. The molecule has 0 saturated carbocycles. The number of benzene rings is 2. The van der Waals surface area contributed by atoms with E-state index < -0.39 is 17.4 Å².